The average molecular weight is 605 g/mol. The topological polar surface area (TPSA) is 73.0 Å². The van der Waals surface area contributed by atoms with Gasteiger partial charge in [0, 0.05) is 66.4 Å². The van der Waals surface area contributed by atoms with E-state index in [9.17, 15) is 14.4 Å². The molecule has 3 amide bonds. The molecule has 9 heteroatoms. The van der Waals surface area contributed by atoms with Crippen LogP contribution in [0, 0.1) is 11.2 Å². The Morgan fingerprint density at radius 2 is 1.74 bits per heavy atom. The summed E-state index contributed by atoms with van der Waals surface area (Å²) in [6.45, 7) is 8.18. The van der Waals surface area contributed by atoms with Crippen LogP contribution in [-0.2, 0) is 22.7 Å². The third-order valence-corrected chi connectivity index (χ3v) is 10.5. The van der Waals surface area contributed by atoms with Gasteiger partial charge in [-0.05, 0) is 66.9 Å². The first kappa shape index (κ1) is 28.7. The predicted molar refractivity (Wildman–Crippen MR) is 163 cm³/mol. The number of hydrogen-bond donors (Lipinski definition) is 1. The summed E-state index contributed by atoms with van der Waals surface area (Å²) in [5.74, 6) is -1.50. The number of nitrogens with one attached hydrogen (secondary N) is 1. The van der Waals surface area contributed by atoms with E-state index in [0.29, 0.717) is 35.3 Å². The number of amides is 3. The summed E-state index contributed by atoms with van der Waals surface area (Å²) in [4.78, 5) is 43.4. The minimum absolute atomic E-state index is 0.0582. The van der Waals surface area contributed by atoms with Crippen LogP contribution in [0.15, 0.2) is 42.0 Å². The Morgan fingerprint density at radius 3 is 2.47 bits per heavy atom. The zero-order valence-corrected chi connectivity index (χ0v) is 25.6. The van der Waals surface area contributed by atoms with Crippen molar-refractivity contribution in [3.63, 3.8) is 0 Å². The number of imide groups is 1. The van der Waals surface area contributed by atoms with Gasteiger partial charge in [0.2, 0.25) is 11.8 Å². The Kier molecular flexibility index (Phi) is 7.22. The van der Waals surface area contributed by atoms with Crippen molar-refractivity contribution in [1.29, 1.82) is 0 Å². The number of halogens is 2. The standard InChI is InChI=1S/C34H38ClFN4O3/c1-34(2)12-11-21(27(14-34)20-3-6-23(35)7-4-20)15-38-17-24-13-25(18-38)39(24)16-22-5-8-26-28(31(22)36)19-40(33(26)43)29-9-10-30(41)37-32(29)42/h3-8,24-25,29H,9-19H2,1-2H3,(H,37,41,42). The number of carbonyl (C=O) groups excluding carboxylic acids is 3. The molecule has 4 fully saturated rings. The van der Waals surface area contributed by atoms with Gasteiger partial charge in [0.25, 0.3) is 5.91 Å². The van der Waals surface area contributed by atoms with Crippen molar-refractivity contribution in [2.24, 2.45) is 5.41 Å². The lowest BCUT2D eigenvalue weighted by atomic mass is 9.72. The Labute approximate surface area is 257 Å². The summed E-state index contributed by atoms with van der Waals surface area (Å²) in [6.07, 6.45) is 4.93. The molecule has 43 heavy (non-hydrogen) atoms. The summed E-state index contributed by atoms with van der Waals surface area (Å²) in [6, 6.07) is 11.7. The molecule has 6 aliphatic rings. The Morgan fingerprint density at radius 1 is 1.00 bits per heavy atom. The number of hydrogen-bond acceptors (Lipinski definition) is 5. The van der Waals surface area contributed by atoms with Crippen LogP contribution in [0.2, 0.25) is 5.02 Å². The molecule has 5 aliphatic heterocycles. The van der Waals surface area contributed by atoms with E-state index in [1.807, 2.05) is 12.1 Å². The van der Waals surface area contributed by atoms with Gasteiger partial charge in [-0.3, -0.25) is 29.5 Å². The van der Waals surface area contributed by atoms with E-state index in [2.05, 4.69) is 41.1 Å². The van der Waals surface area contributed by atoms with Gasteiger partial charge in [0.1, 0.15) is 11.9 Å². The SMILES string of the molecule is CC1(C)CCC(CN2CC3CC(C2)N3Cc2ccc3c(c2F)CN(C2CCC(=O)NC2=O)C3=O)=C(c2ccc(Cl)cc2)C1. The maximum Gasteiger partial charge on any atom is 0.255 e. The second-order valence-electron chi connectivity index (χ2n) is 13.8. The van der Waals surface area contributed by atoms with Gasteiger partial charge in [-0.1, -0.05) is 49.2 Å². The van der Waals surface area contributed by atoms with Crippen molar-refractivity contribution in [2.45, 2.75) is 83.6 Å². The number of allylic oxidation sites excluding steroid dienone is 1. The summed E-state index contributed by atoms with van der Waals surface area (Å²) in [5, 5.41) is 3.06. The van der Waals surface area contributed by atoms with Gasteiger partial charge < -0.3 is 4.90 Å². The third kappa shape index (κ3) is 5.32. The molecule has 8 rings (SSSR count). The van der Waals surface area contributed by atoms with Crippen LogP contribution in [0.1, 0.15) is 79.4 Å². The number of fused-ring (bicyclic) bond motifs is 3. The van der Waals surface area contributed by atoms with Crippen LogP contribution in [-0.4, -0.2) is 70.2 Å². The van der Waals surface area contributed by atoms with E-state index in [1.54, 1.807) is 12.1 Å². The fraction of sp³-hybridized carbons (Fsp3) is 0.500. The molecule has 0 saturated carbocycles. The first-order valence-corrected chi connectivity index (χ1v) is 15.8. The number of piperidine rings is 2. The molecule has 226 valence electrons. The third-order valence-electron chi connectivity index (χ3n) is 10.3. The van der Waals surface area contributed by atoms with E-state index in [1.165, 1.54) is 28.0 Å². The fourth-order valence-electron chi connectivity index (χ4n) is 7.87. The molecule has 1 N–H and O–H groups in total. The number of carbonyl (C=O) groups is 3. The number of rotatable bonds is 6. The number of piperazine rings is 1. The van der Waals surface area contributed by atoms with Gasteiger partial charge in [0.15, 0.2) is 0 Å². The highest BCUT2D eigenvalue weighted by Crippen LogP contribution is 2.44. The molecule has 2 bridgehead atoms. The van der Waals surface area contributed by atoms with E-state index in [4.69, 9.17) is 11.6 Å². The van der Waals surface area contributed by atoms with Crippen LogP contribution in [0.25, 0.3) is 5.57 Å². The van der Waals surface area contributed by atoms with Crippen molar-refractivity contribution in [1.82, 2.24) is 20.0 Å². The second-order valence-corrected chi connectivity index (χ2v) is 14.2. The van der Waals surface area contributed by atoms with E-state index < -0.39 is 11.9 Å². The maximum atomic E-state index is 15.8. The van der Waals surface area contributed by atoms with Gasteiger partial charge in [-0.25, -0.2) is 4.39 Å². The zero-order chi connectivity index (χ0) is 30.0. The van der Waals surface area contributed by atoms with Gasteiger partial charge in [0.05, 0.1) is 6.54 Å². The molecule has 0 aromatic heterocycles. The van der Waals surface area contributed by atoms with Crippen molar-refractivity contribution in [2.75, 3.05) is 19.6 Å². The lowest BCUT2D eigenvalue weighted by Gasteiger charge is -2.57. The first-order valence-electron chi connectivity index (χ1n) is 15.5. The second kappa shape index (κ2) is 10.8. The largest absolute Gasteiger partial charge is 0.322 e. The molecule has 7 nitrogen and oxygen atoms in total. The lowest BCUT2D eigenvalue weighted by Crippen LogP contribution is -2.68. The lowest BCUT2D eigenvalue weighted by molar-refractivity contribution is -0.136. The monoisotopic (exact) mass is 604 g/mol. The van der Waals surface area contributed by atoms with Gasteiger partial charge in [-0.15, -0.1) is 0 Å². The van der Waals surface area contributed by atoms with Crippen LogP contribution < -0.4 is 5.32 Å². The molecule has 1 aliphatic carbocycles. The highest BCUT2D eigenvalue weighted by atomic mass is 35.5. The summed E-state index contributed by atoms with van der Waals surface area (Å²) < 4.78 is 15.8. The molecule has 2 aromatic rings. The Balaban J connectivity index is 1.03. The van der Waals surface area contributed by atoms with Crippen LogP contribution in [0.3, 0.4) is 0 Å². The molecule has 4 saturated heterocycles. The van der Waals surface area contributed by atoms with Crippen molar-refractivity contribution in [3.05, 3.63) is 75.1 Å². The van der Waals surface area contributed by atoms with Crippen molar-refractivity contribution in [3.8, 4) is 0 Å². The summed E-state index contributed by atoms with van der Waals surface area (Å²) in [5.41, 5.74) is 5.83. The van der Waals surface area contributed by atoms with Gasteiger partial charge in [-0.2, -0.15) is 0 Å². The molecule has 3 atom stereocenters. The quantitative estimate of drug-likeness (QED) is 0.461. The Hall–Kier alpha value is -3.07. The average Bonchev–Trinajstić information content (AvgIpc) is 3.30. The number of nitrogens with zero attached hydrogens (tertiary/aromatic N) is 3. The van der Waals surface area contributed by atoms with E-state index in [-0.39, 0.29) is 42.4 Å². The zero-order valence-electron chi connectivity index (χ0n) is 24.8. The van der Waals surface area contributed by atoms with Crippen LogP contribution >= 0.6 is 11.6 Å². The molecule has 3 unspecified atom stereocenters. The number of benzene rings is 2. The minimum atomic E-state index is -0.744. The first-order chi connectivity index (χ1) is 20.6. The molecule has 5 heterocycles. The minimum Gasteiger partial charge on any atom is -0.322 e. The molecular formula is C34H38ClFN4O3. The maximum absolute atomic E-state index is 15.8. The summed E-state index contributed by atoms with van der Waals surface area (Å²) in [7, 11) is 0. The normalized spacial score (nSPS) is 27.3. The molecule has 0 spiro atoms. The summed E-state index contributed by atoms with van der Waals surface area (Å²) >= 11 is 6.19. The van der Waals surface area contributed by atoms with Crippen molar-refractivity contribution < 1.29 is 18.8 Å². The van der Waals surface area contributed by atoms with Gasteiger partial charge >= 0.3 is 0 Å². The Bertz CT molecular complexity index is 1520. The molecule has 2 aromatic carbocycles. The van der Waals surface area contributed by atoms with E-state index in [0.717, 1.165) is 43.9 Å². The predicted octanol–water partition coefficient (Wildman–Crippen LogP) is 5.16. The van der Waals surface area contributed by atoms with E-state index >= 15 is 4.39 Å². The van der Waals surface area contributed by atoms with Crippen LogP contribution in [0.5, 0.6) is 0 Å². The highest BCUT2D eigenvalue weighted by Gasteiger charge is 2.46. The fourth-order valence-corrected chi connectivity index (χ4v) is 7.99. The molecule has 0 radical (unpaired) electrons. The van der Waals surface area contributed by atoms with Crippen molar-refractivity contribution >= 4 is 34.9 Å². The highest BCUT2D eigenvalue weighted by molar-refractivity contribution is 6.30. The van der Waals surface area contributed by atoms with Crippen LogP contribution in [0.4, 0.5) is 4.39 Å². The smallest absolute Gasteiger partial charge is 0.255 e. The molecular weight excluding hydrogens is 567 g/mol.